The van der Waals surface area contributed by atoms with E-state index in [0.29, 0.717) is 18.9 Å². The first-order valence-corrected chi connectivity index (χ1v) is 9.21. The molecule has 5 nitrogen and oxygen atoms in total. The van der Waals surface area contributed by atoms with Gasteiger partial charge in [0, 0.05) is 17.8 Å². The number of carbonyl (C=O) groups is 1. The van der Waals surface area contributed by atoms with E-state index in [1.54, 1.807) is 0 Å². The standard InChI is InChI=1S/C21H26N4O.HI/c1-2-5-20(26)24-18-9-3-6-15(12-18)14-23-21(22)25-19-11-10-16-7-4-8-17(16)13-19;/h3,6,9-13H,2,4-5,7-8,14H2,1H3,(H,24,26)(H3,22,23,25);1H. The first-order valence-electron chi connectivity index (χ1n) is 9.21. The summed E-state index contributed by atoms with van der Waals surface area (Å²) in [4.78, 5) is 16.1. The molecule has 0 aliphatic heterocycles. The van der Waals surface area contributed by atoms with Crippen molar-refractivity contribution in [2.45, 2.75) is 45.6 Å². The van der Waals surface area contributed by atoms with E-state index < -0.39 is 0 Å². The summed E-state index contributed by atoms with van der Waals surface area (Å²) in [5.41, 5.74) is 11.6. The zero-order valence-corrected chi connectivity index (χ0v) is 18.0. The Labute approximate surface area is 177 Å². The summed E-state index contributed by atoms with van der Waals surface area (Å²) in [6.07, 6.45) is 4.90. The topological polar surface area (TPSA) is 79.5 Å². The highest BCUT2D eigenvalue weighted by molar-refractivity contribution is 14.0. The van der Waals surface area contributed by atoms with Crippen LogP contribution in [0.15, 0.2) is 47.5 Å². The molecule has 6 heteroatoms. The Kier molecular flexibility index (Phi) is 8.09. The maximum atomic E-state index is 11.7. The van der Waals surface area contributed by atoms with Crippen LogP contribution in [0, 0.1) is 0 Å². The lowest BCUT2D eigenvalue weighted by Gasteiger charge is -2.09. The van der Waals surface area contributed by atoms with Crippen molar-refractivity contribution >= 4 is 47.2 Å². The molecule has 0 aromatic heterocycles. The van der Waals surface area contributed by atoms with Crippen molar-refractivity contribution in [1.29, 1.82) is 0 Å². The average Bonchev–Trinajstić information content (AvgIpc) is 3.08. The molecule has 0 radical (unpaired) electrons. The van der Waals surface area contributed by atoms with Crippen LogP contribution in [-0.4, -0.2) is 11.9 Å². The van der Waals surface area contributed by atoms with Crippen LogP contribution in [-0.2, 0) is 24.2 Å². The molecule has 0 heterocycles. The maximum Gasteiger partial charge on any atom is 0.224 e. The summed E-state index contributed by atoms with van der Waals surface area (Å²) in [5.74, 6) is 0.425. The Morgan fingerprint density at radius 3 is 2.67 bits per heavy atom. The molecule has 0 atom stereocenters. The summed E-state index contributed by atoms with van der Waals surface area (Å²) in [6.45, 7) is 2.45. The number of hydrogen-bond acceptors (Lipinski definition) is 2. The van der Waals surface area contributed by atoms with E-state index in [0.717, 1.165) is 29.8 Å². The van der Waals surface area contributed by atoms with Crippen LogP contribution in [0.2, 0.25) is 0 Å². The molecule has 2 aromatic carbocycles. The van der Waals surface area contributed by atoms with Crippen LogP contribution in [0.25, 0.3) is 0 Å². The molecule has 1 aliphatic rings. The zero-order chi connectivity index (χ0) is 18.4. The molecular formula is C21H27IN4O. The van der Waals surface area contributed by atoms with Gasteiger partial charge in [-0.15, -0.1) is 24.0 Å². The summed E-state index contributed by atoms with van der Waals surface area (Å²) >= 11 is 0. The first kappa shape index (κ1) is 21.2. The van der Waals surface area contributed by atoms with Crippen LogP contribution in [0.4, 0.5) is 11.4 Å². The normalized spacial score (nSPS) is 12.9. The smallest absolute Gasteiger partial charge is 0.224 e. The molecule has 0 fully saturated rings. The van der Waals surface area contributed by atoms with E-state index >= 15 is 0 Å². The molecule has 3 rings (SSSR count). The third-order valence-corrected chi connectivity index (χ3v) is 4.49. The van der Waals surface area contributed by atoms with Crippen LogP contribution in [0.1, 0.15) is 42.9 Å². The Hall–Kier alpha value is -2.09. The number of aliphatic imine (C=N–C) groups is 1. The molecule has 144 valence electrons. The van der Waals surface area contributed by atoms with E-state index in [2.05, 4.69) is 33.8 Å². The van der Waals surface area contributed by atoms with Crippen LogP contribution >= 0.6 is 24.0 Å². The molecule has 1 amide bonds. The number of aryl methyl sites for hydroxylation is 2. The highest BCUT2D eigenvalue weighted by atomic mass is 127. The number of guanidine groups is 1. The van der Waals surface area contributed by atoms with Crippen LogP contribution < -0.4 is 16.4 Å². The highest BCUT2D eigenvalue weighted by Gasteiger charge is 2.10. The van der Waals surface area contributed by atoms with Gasteiger partial charge in [0.2, 0.25) is 5.91 Å². The second-order valence-electron chi connectivity index (χ2n) is 6.66. The van der Waals surface area contributed by atoms with E-state index in [1.807, 2.05) is 31.2 Å². The average molecular weight is 478 g/mol. The first-order chi connectivity index (χ1) is 12.6. The zero-order valence-electron chi connectivity index (χ0n) is 15.6. The Morgan fingerprint density at radius 1 is 1.07 bits per heavy atom. The Morgan fingerprint density at radius 2 is 1.85 bits per heavy atom. The fraction of sp³-hybridized carbons (Fsp3) is 0.333. The molecular weight excluding hydrogens is 451 g/mol. The SMILES string of the molecule is CCCC(=O)Nc1cccc(CN=C(N)Nc2ccc3c(c2)CCC3)c1.I. The summed E-state index contributed by atoms with van der Waals surface area (Å²) < 4.78 is 0. The lowest BCUT2D eigenvalue weighted by Crippen LogP contribution is -2.22. The highest BCUT2D eigenvalue weighted by Crippen LogP contribution is 2.24. The molecule has 4 N–H and O–H groups in total. The summed E-state index contributed by atoms with van der Waals surface area (Å²) in [7, 11) is 0. The van der Waals surface area contributed by atoms with Crippen molar-refractivity contribution in [3.63, 3.8) is 0 Å². The lowest BCUT2D eigenvalue weighted by molar-refractivity contribution is -0.116. The number of halogens is 1. The fourth-order valence-corrected chi connectivity index (χ4v) is 3.21. The van der Waals surface area contributed by atoms with E-state index in [9.17, 15) is 4.79 Å². The van der Waals surface area contributed by atoms with Crippen molar-refractivity contribution in [2.24, 2.45) is 10.7 Å². The van der Waals surface area contributed by atoms with Crippen LogP contribution in [0.5, 0.6) is 0 Å². The van der Waals surface area contributed by atoms with Gasteiger partial charge in [0.15, 0.2) is 5.96 Å². The molecule has 0 saturated heterocycles. The van der Waals surface area contributed by atoms with Crippen molar-refractivity contribution in [1.82, 2.24) is 0 Å². The van der Waals surface area contributed by atoms with Gasteiger partial charge in [0.25, 0.3) is 0 Å². The molecule has 0 bridgehead atoms. The second-order valence-corrected chi connectivity index (χ2v) is 6.66. The number of hydrogen-bond donors (Lipinski definition) is 3. The Balaban J connectivity index is 0.00000261. The minimum absolute atomic E-state index is 0. The van der Waals surface area contributed by atoms with Gasteiger partial charge in [0.05, 0.1) is 6.54 Å². The number of rotatable bonds is 6. The van der Waals surface area contributed by atoms with Crippen molar-refractivity contribution in [3.05, 3.63) is 59.2 Å². The minimum Gasteiger partial charge on any atom is -0.370 e. The largest absolute Gasteiger partial charge is 0.370 e. The van der Waals surface area contributed by atoms with E-state index in [-0.39, 0.29) is 29.9 Å². The lowest BCUT2D eigenvalue weighted by atomic mass is 10.1. The molecule has 0 unspecified atom stereocenters. The molecule has 0 spiro atoms. The summed E-state index contributed by atoms with van der Waals surface area (Å²) in [5, 5.41) is 6.06. The molecule has 2 aromatic rings. The monoisotopic (exact) mass is 478 g/mol. The predicted molar refractivity (Wildman–Crippen MR) is 123 cm³/mol. The quantitative estimate of drug-likeness (QED) is 0.326. The summed E-state index contributed by atoms with van der Waals surface area (Å²) in [6, 6.07) is 14.1. The number of nitrogens with zero attached hydrogens (tertiary/aromatic N) is 1. The van der Waals surface area contributed by atoms with Gasteiger partial charge < -0.3 is 16.4 Å². The van der Waals surface area contributed by atoms with Gasteiger partial charge in [-0.3, -0.25) is 4.79 Å². The predicted octanol–water partition coefficient (Wildman–Crippen LogP) is 4.46. The van der Waals surface area contributed by atoms with Gasteiger partial charge in [0.1, 0.15) is 0 Å². The number of amides is 1. The van der Waals surface area contributed by atoms with Gasteiger partial charge in [-0.1, -0.05) is 25.1 Å². The van der Waals surface area contributed by atoms with Gasteiger partial charge in [-0.2, -0.15) is 0 Å². The minimum atomic E-state index is 0. The van der Waals surface area contributed by atoms with Crippen molar-refractivity contribution < 1.29 is 4.79 Å². The fourth-order valence-electron chi connectivity index (χ4n) is 3.21. The van der Waals surface area contributed by atoms with Crippen LogP contribution in [0.3, 0.4) is 0 Å². The molecule has 27 heavy (non-hydrogen) atoms. The maximum absolute atomic E-state index is 11.7. The molecule has 0 saturated carbocycles. The molecule has 1 aliphatic carbocycles. The van der Waals surface area contributed by atoms with Gasteiger partial charge >= 0.3 is 0 Å². The number of anilines is 2. The van der Waals surface area contributed by atoms with Crippen molar-refractivity contribution in [2.75, 3.05) is 10.6 Å². The third kappa shape index (κ3) is 6.23. The Bertz CT molecular complexity index is 820. The van der Waals surface area contributed by atoms with E-state index in [4.69, 9.17) is 5.73 Å². The van der Waals surface area contributed by atoms with E-state index in [1.165, 1.54) is 24.0 Å². The van der Waals surface area contributed by atoms with Crippen molar-refractivity contribution in [3.8, 4) is 0 Å². The van der Waals surface area contributed by atoms with Gasteiger partial charge in [-0.25, -0.2) is 4.99 Å². The second kappa shape index (κ2) is 10.3. The third-order valence-electron chi connectivity index (χ3n) is 4.49. The number of carbonyl (C=O) groups excluding carboxylic acids is 1. The number of nitrogens with two attached hydrogens (primary N) is 1. The number of benzene rings is 2. The van der Waals surface area contributed by atoms with Gasteiger partial charge in [-0.05, 0) is 66.6 Å². The number of nitrogens with one attached hydrogen (secondary N) is 2. The number of fused-ring (bicyclic) bond motifs is 1.